The van der Waals surface area contributed by atoms with E-state index in [9.17, 15) is 5.11 Å². The third-order valence-electron chi connectivity index (χ3n) is 1.80. The van der Waals surface area contributed by atoms with Gasteiger partial charge >= 0.3 is 0 Å². The second-order valence-corrected chi connectivity index (χ2v) is 5.40. The highest BCUT2D eigenvalue weighted by Gasteiger charge is 2.11. The van der Waals surface area contributed by atoms with E-state index in [-0.39, 0.29) is 0 Å². The van der Waals surface area contributed by atoms with Gasteiger partial charge in [-0.25, -0.2) is 0 Å². The van der Waals surface area contributed by atoms with Gasteiger partial charge in [-0.15, -0.1) is 0 Å². The van der Waals surface area contributed by atoms with Gasteiger partial charge in [0.25, 0.3) is 0 Å². The first-order valence-corrected chi connectivity index (χ1v) is 6.14. The molecule has 0 radical (unpaired) electrons. The van der Waals surface area contributed by atoms with Crippen LogP contribution in [0.4, 0.5) is 0 Å². The first kappa shape index (κ1) is 13.3. The van der Waals surface area contributed by atoms with Crippen molar-refractivity contribution in [1.29, 1.82) is 0 Å². The van der Waals surface area contributed by atoms with Gasteiger partial charge in [0.2, 0.25) is 0 Å². The van der Waals surface area contributed by atoms with Crippen molar-refractivity contribution in [2.75, 3.05) is 18.1 Å². The van der Waals surface area contributed by atoms with E-state index in [1.54, 1.807) is 0 Å². The van der Waals surface area contributed by atoms with Crippen LogP contribution in [0.2, 0.25) is 0 Å². The molecule has 2 N–H and O–H groups in total. The zero-order chi connectivity index (χ0) is 10.3. The summed E-state index contributed by atoms with van der Waals surface area (Å²) in [5, 5.41) is 12.9. The molecule has 2 nitrogen and oxygen atoms in total. The Hall–Kier alpha value is 0.270. The van der Waals surface area contributed by atoms with Gasteiger partial charge < -0.3 is 10.4 Å². The minimum absolute atomic E-state index is 0.537. The number of aliphatic hydroxyl groups is 1. The van der Waals surface area contributed by atoms with Crippen molar-refractivity contribution in [3.63, 3.8) is 0 Å². The molecule has 80 valence electrons. The number of hydrogen-bond donors (Lipinski definition) is 2. The summed E-state index contributed by atoms with van der Waals surface area (Å²) in [7, 11) is 0. The Morgan fingerprint density at radius 3 is 2.54 bits per heavy atom. The lowest BCUT2D eigenvalue weighted by Crippen LogP contribution is -2.33. The Morgan fingerprint density at radius 1 is 1.46 bits per heavy atom. The third kappa shape index (κ3) is 10.2. The smallest absolute Gasteiger partial charge is 0.0603 e. The van der Waals surface area contributed by atoms with E-state index in [0.29, 0.717) is 6.04 Å². The molecule has 0 aliphatic carbocycles. The van der Waals surface area contributed by atoms with Crippen LogP contribution in [0.25, 0.3) is 0 Å². The van der Waals surface area contributed by atoms with Crippen LogP contribution in [0, 0.1) is 0 Å². The van der Waals surface area contributed by atoms with Crippen molar-refractivity contribution in [1.82, 2.24) is 5.32 Å². The quantitative estimate of drug-likeness (QED) is 0.665. The Balaban J connectivity index is 3.31. The van der Waals surface area contributed by atoms with Gasteiger partial charge in [-0.2, -0.15) is 11.8 Å². The molecule has 0 aromatic heterocycles. The van der Waals surface area contributed by atoms with Gasteiger partial charge in [0.1, 0.15) is 0 Å². The molecule has 0 bridgehead atoms. The molecule has 0 spiro atoms. The highest BCUT2D eigenvalue weighted by Crippen LogP contribution is 2.06. The van der Waals surface area contributed by atoms with Crippen LogP contribution in [-0.4, -0.2) is 34.8 Å². The molecule has 0 amide bonds. The first-order chi connectivity index (χ1) is 5.95. The minimum Gasteiger partial charge on any atom is -0.390 e. The molecular weight excluding hydrogens is 182 g/mol. The van der Waals surface area contributed by atoms with Gasteiger partial charge in [0, 0.05) is 11.8 Å². The zero-order valence-electron chi connectivity index (χ0n) is 9.26. The molecule has 0 heterocycles. The average Bonchev–Trinajstić information content (AvgIpc) is 1.98. The summed E-state index contributed by atoms with van der Waals surface area (Å²) in [6.45, 7) is 8.95. The maximum atomic E-state index is 9.46. The topological polar surface area (TPSA) is 32.3 Å². The van der Waals surface area contributed by atoms with Crippen LogP contribution in [0.3, 0.4) is 0 Å². The lowest BCUT2D eigenvalue weighted by Gasteiger charge is -2.19. The highest BCUT2D eigenvalue weighted by molar-refractivity contribution is 7.99. The largest absolute Gasteiger partial charge is 0.390 e. The Bertz CT molecular complexity index is 123. The minimum atomic E-state index is -0.537. The summed E-state index contributed by atoms with van der Waals surface area (Å²) in [5.41, 5.74) is -0.537. The molecule has 0 saturated carbocycles. The molecule has 0 aliphatic rings. The van der Waals surface area contributed by atoms with Crippen LogP contribution in [0.1, 0.15) is 34.1 Å². The van der Waals surface area contributed by atoms with Crippen molar-refractivity contribution in [3.8, 4) is 0 Å². The highest BCUT2D eigenvalue weighted by atomic mass is 32.2. The van der Waals surface area contributed by atoms with Crippen LogP contribution >= 0.6 is 11.8 Å². The zero-order valence-corrected chi connectivity index (χ0v) is 10.1. The van der Waals surface area contributed by atoms with Crippen molar-refractivity contribution in [2.45, 2.75) is 45.8 Å². The molecule has 0 fully saturated rings. The molecule has 13 heavy (non-hydrogen) atoms. The standard InChI is InChI=1S/C10H23NOS/c1-5-13-8-9(2)11-7-6-10(3,4)12/h9,11-12H,5-8H2,1-4H3. The number of nitrogens with one attached hydrogen (secondary N) is 1. The number of thioether (sulfide) groups is 1. The summed E-state index contributed by atoms with van der Waals surface area (Å²) in [6.07, 6.45) is 0.814. The molecule has 0 saturated heterocycles. The van der Waals surface area contributed by atoms with Crippen LogP contribution in [-0.2, 0) is 0 Å². The van der Waals surface area contributed by atoms with E-state index in [4.69, 9.17) is 0 Å². The van der Waals surface area contributed by atoms with Gasteiger partial charge in [-0.3, -0.25) is 0 Å². The SMILES string of the molecule is CCSCC(C)NCCC(C)(C)O. The summed E-state index contributed by atoms with van der Waals surface area (Å²) in [6, 6.07) is 0.548. The van der Waals surface area contributed by atoms with Crippen molar-refractivity contribution < 1.29 is 5.11 Å². The third-order valence-corrected chi connectivity index (χ3v) is 2.95. The van der Waals surface area contributed by atoms with Crippen molar-refractivity contribution in [3.05, 3.63) is 0 Å². The Kier molecular flexibility index (Phi) is 6.82. The van der Waals surface area contributed by atoms with Gasteiger partial charge in [-0.05, 0) is 39.5 Å². The lowest BCUT2D eigenvalue weighted by atomic mass is 10.1. The maximum Gasteiger partial charge on any atom is 0.0603 e. The summed E-state index contributed by atoms with van der Waals surface area (Å²) in [4.78, 5) is 0. The van der Waals surface area contributed by atoms with Gasteiger partial charge in [0.15, 0.2) is 0 Å². The summed E-state index contributed by atoms with van der Waals surface area (Å²) < 4.78 is 0. The van der Waals surface area contributed by atoms with Crippen LogP contribution in [0.15, 0.2) is 0 Å². The van der Waals surface area contributed by atoms with Gasteiger partial charge in [-0.1, -0.05) is 6.92 Å². The van der Waals surface area contributed by atoms with E-state index >= 15 is 0 Å². The van der Waals surface area contributed by atoms with Crippen molar-refractivity contribution >= 4 is 11.8 Å². The molecular formula is C10H23NOS. The summed E-state index contributed by atoms with van der Waals surface area (Å²) >= 11 is 1.95. The van der Waals surface area contributed by atoms with E-state index < -0.39 is 5.60 Å². The second kappa shape index (κ2) is 6.68. The maximum absolute atomic E-state index is 9.46. The Labute approximate surface area is 86.5 Å². The van der Waals surface area contributed by atoms with Gasteiger partial charge in [0.05, 0.1) is 5.60 Å². The Morgan fingerprint density at radius 2 is 2.08 bits per heavy atom. The molecule has 0 aliphatic heterocycles. The lowest BCUT2D eigenvalue weighted by molar-refractivity contribution is 0.0707. The first-order valence-electron chi connectivity index (χ1n) is 4.99. The molecule has 0 aromatic rings. The average molecular weight is 205 g/mol. The normalized spacial score (nSPS) is 14.5. The molecule has 3 heteroatoms. The predicted molar refractivity (Wildman–Crippen MR) is 61.4 cm³/mol. The van der Waals surface area contributed by atoms with Crippen LogP contribution < -0.4 is 5.32 Å². The fraction of sp³-hybridized carbons (Fsp3) is 1.00. The number of hydrogen-bond acceptors (Lipinski definition) is 3. The van der Waals surface area contributed by atoms with E-state index in [1.165, 1.54) is 5.75 Å². The monoisotopic (exact) mass is 205 g/mol. The fourth-order valence-corrected chi connectivity index (χ4v) is 1.69. The van der Waals surface area contributed by atoms with E-state index in [0.717, 1.165) is 18.7 Å². The molecule has 1 unspecified atom stereocenters. The predicted octanol–water partition coefficient (Wildman–Crippen LogP) is 1.88. The molecule has 0 aromatic carbocycles. The van der Waals surface area contributed by atoms with Crippen LogP contribution in [0.5, 0.6) is 0 Å². The summed E-state index contributed by atoms with van der Waals surface area (Å²) in [5.74, 6) is 2.33. The van der Waals surface area contributed by atoms with Crippen molar-refractivity contribution in [2.24, 2.45) is 0 Å². The second-order valence-electron chi connectivity index (χ2n) is 4.08. The number of rotatable bonds is 7. The molecule has 0 rings (SSSR count). The van der Waals surface area contributed by atoms with E-state index in [1.807, 2.05) is 25.6 Å². The van der Waals surface area contributed by atoms with E-state index in [2.05, 4.69) is 19.2 Å². The fourth-order valence-electron chi connectivity index (χ4n) is 0.978. The molecule has 1 atom stereocenters.